The summed E-state index contributed by atoms with van der Waals surface area (Å²) in [5.41, 5.74) is 14.8. The van der Waals surface area contributed by atoms with E-state index in [0.29, 0.717) is 5.46 Å². The Morgan fingerprint density at radius 3 is 0.853 bits per heavy atom. The molecule has 10 aromatic rings. The standard InChI is InChI=1S/C31H25N.C18H16BNO2.C13H11Br/c1-4-10-25(11-5-1)24-26-16-18-27(19-17-26)28-20-22-31(23-21-28)32(29-12-6-2-7-13-29)30-14-8-3-9-15-30;21-19(22)15-11-13-18(14-12-15)20(16-7-3-1-4-8-16)17-9-5-2-6-10-17;14-13-8-6-12(7-9-13)10-11-4-2-1-3-5-11/h1-23H,24H2;1-14,21-22H;1-9H,10H2. The molecule has 2 N–H and O–H groups in total. The summed E-state index contributed by atoms with van der Waals surface area (Å²) >= 11 is 3.43. The van der Waals surface area contributed by atoms with Crippen molar-refractivity contribution in [1.29, 1.82) is 0 Å². The van der Waals surface area contributed by atoms with E-state index >= 15 is 0 Å². The van der Waals surface area contributed by atoms with Gasteiger partial charge in [-0.05, 0) is 137 Å². The van der Waals surface area contributed by atoms with Gasteiger partial charge in [-0.15, -0.1) is 0 Å². The lowest BCUT2D eigenvalue weighted by molar-refractivity contribution is 0.426. The van der Waals surface area contributed by atoms with Crippen molar-refractivity contribution in [2.45, 2.75) is 12.8 Å². The molecular weight excluding hydrogens is 895 g/mol. The van der Waals surface area contributed by atoms with Crippen LogP contribution >= 0.6 is 15.9 Å². The third-order valence-corrected chi connectivity index (χ3v) is 11.9. The second kappa shape index (κ2) is 24.2. The van der Waals surface area contributed by atoms with Gasteiger partial charge in [0.2, 0.25) is 0 Å². The Morgan fingerprint density at radius 2 is 0.529 bits per heavy atom. The van der Waals surface area contributed by atoms with Crippen LogP contribution in [-0.2, 0) is 12.8 Å². The minimum absolute atomic E-state index is 0.477. The fraction of sp³-hybridized carbons (Fsp3) is 0.0323. The number of rotatable bonds is 12. The molecule has 6 heteroatoms. The van der Waals surface area contributed by atoms with Crippen LogP contribution in [0.15, 0.2) is 284 Å². The highest BCUT2D eigenvalue weighted by molar-refractivity contribution is 9.10. The molecule has 0 aromatic heterocycles. The van der Waals surface area contributed by atoms with Crippen LogP contribution in [0.4, 0.5) is 34.1 Å². The van der Waals surface area contributed by atoms with Gasteiger partial charge in [0, 0.05) is 38.6 Å². The molecule has 0 aliphatic rings. The lowest BCUT2D eigenvalue weighted by Crippen LogP contribution is -2.29. The normalized spacial score (nSPS) is 10.4. The number of para-hydroxylation sites is 4. The summed E-state index contributed by atoms with van der Waals surface area (Å²) in [7, 11) is -1.45. The Hall–Kier alpha value is -7.74. The number of hydrogen-bond acceptors (Lipinski definition) is 4. The number of halogens is 1. The summed E-state index contributed by atoms with van der Waals surface area (Å²) in [5.74, 6) is 0. The van der Waals surface area contributed by atoms with Gasteiger partial charge in [-0.3, -0.25) is 0 Å². The van der Waals surface area contributed by atoms with Gasteiger partial charge in [-0.2, -0.15) is 0 Å². The molecule has 0 amide bonds. The molecule has 0 saturated heterocycles. The van der Waals surface area contributed by atoms with Gasteiger partial charge in [0.05, 0.1) is 0 Å². The molecule has 0 saturated carbocycles. The van der Waals surface area contributed by atoms with Crippen molar-refractivity contribution >= 4 is 62.6 Å². The molecule has 10 rings (SSSR count). The summed E-state index contributed by atoms with van der Waals surface area (Å²) in [6, 6.07) is 95.7. The monoisotopic (exact) mass is 946 g/mol. The maximum atomic E-state index is 9.23. The largest absolute Gasteiger partial charge is 0.488 e. The number of hydrogen-bond donors (Lipinski definition) is 2. The quantitative estimate of drug-likeness (QED) is 0.120. The molecule has 0 bridgehead atoms. The smallest absolute Gasteiger partial charge is 0.423 e. The van der Waals surface area contributed by atoms with Crippen LogP contribution in [0.1, 0.15) is 22.3 Å². The summed E-state index contributed by atoms with van der Waals surface area (Å²) < 4.78 is 1.13. The van der Waals surface area contributed by atoms with Crippen LogP contribution in [0, 0.1) is 0 Å². The molecule has 0 unspecified atom stereocenters. The molecule has 0 radical (unpaired) electrons. The van der Waals surface area contributed by atoms with Crippen molar-refractivity contribution in [2.24, 2.45) is 0 Å². The summed E-state index contributed by atoms with van der Waals surface area (Å²) in [4.78, 5) is 4.40. The van der Waals surface area contributed by atoms with E-state index in [2.05, 4.69) is 214 Å². The zero-order valence-corrected chi connectivity index (χ0v) is 39.3. The van der Waals surface area contributed by atoms with Crippen LogP contribution < -0.4 is 15.3 Å². The predicted octanol–water partition coefficient (Wildman–Crippen LogP) is 15.3. The zero-order valence-electron chi connectivity index (χ0n) is 37.7. The van der Waals surface area contributed by atoms with E-state index in [1.54, 1.807) is 12.1 Å². The van der Waals surface area contributed by atoms with Gasteiger partial charge in [-0.1, -0.05) is 210 Å². The molecule has 0 aliphatic heterocycles. The van der Waals surface area contributed by atoms with Crippen molar-refractivity contribution in [3.63, 3.8) is 0 Å². The van der Waals surface area contributed by atoms with Crippen molar-refractivity contribution < 1.29 is 10.0 Å². The zero-order chi connectivity index (χ0) is 46.8. The average Bonchev–Trinajstić information content (AvgIpc) is 3.40. The molecule has 10 aromatic carbocycles. The first-order chi connectivity index (χ1) is 33.5. The van der Waals surface area contributed by atoms with Crippen LogP contribution in [0.25, 0.3) is 11.1 Å². The van der Waals surface area contributed by atoms with Gasteiger partial charge in [0.15, 0.2) is 0 Å². The highest BCUT2D eigenvalue weighted by atomic mass is 79.9. The van der Waals surface area contributed by atoms with Gasteiger partial charge in [0.25, 0.3) is 0 Å². The van der Waals surface area contributed by atoms with Crippen LogP contribution in [0.3, 0.4) is 0 Å². The minimum atomic E-state index is -1.45. The molecule has 0 heterocycles. The Morgan fingerprint density at radius 1 is 0.279 bits per heavy atom. The minimum Gasteiger partial charge on any atom is -0.423 e. The van der Waals surface area contributed by atoms with Crippen molar-refractivity contribution in [1.82, 2.24) is 0 Å². The lowest BCUT2D eigenvalue weighted by Gasteiger charge is -2.25. The fourth-order valence-electron chi connectivity index (χ4n) is 7.88. The maximum Gasteiger partial charge on any atom is 0.488 e. The third-order valence-electron chi connectivity index (χ3n) is 11.3. The topological polar surface area (TPSA) is 46.9 Å². The van der Waals surface area contributed by atoms with Crippen LogP contribution in [0.2, 0.25) is 0 Å². The Kier molecular flexibility index (Phi) is 16.6. The van der Waals surface area contributed by atoms with Crippen molar-refractivity contribution in [2.75, 3.05) is 9.80 Å². The molecule has 0 fully saturated rings. The van der Waals surface area contributed by atoms with Crippen LogP contribution in [-0.4, -0.2) is 17.2 Å². The summed E-state index contributed by atoms with van der Waals surface area (Å²) in [5, 5.41) is 18.5. The maximum absolute atomic E-state index is 9.23. The molecule has 0 atom stereocenters. The van der Waals surface area contributed by atoms with Crippen LogP contribution in [0.5, 0.6) is 0 Å². The average molecular weight is 948 g/mol. The Bertz CT molecular complexity index is 2900. The SMILES string of the molecule is Brc1ccc(Cc2ccccc2)cc1.OB(O)c1ccc(N(c2ccccc2)c2ccccc2)cc1.c1ccc(Cc2ccc(-c3ccc(N(c4ccccc4)c4ccccc4)cc3)cc2)cc1. The van der Waals surface area contributed by atoms with E-state index in [-0.39, 0.29) is 0 Å². The number of anilines is 6. The molecule has 332 valence electrons. The van der Waals surface area contributed by atoms with E-state index in [1.165, 1.54) is 33.4 Å². The van der Waals surface area contributed by atoms with E-state index in [4.69, 9.17) is 0 Å². The first-order valence-electron chi connectivity index (χ1n) is 22.7. The Balaban J connectivity index is 0.000000150. The number of benzene rings is 10. The second-order valence-corrected chi connectivity index (χ2v) is 17.1. The first-order valence-corrected chi connectivity index (χ1v) is 23.5. The Labute approximate surface area is 410 Å². The fourth-order valence-corrected chi connectivity index (χ4v) is 8.15. The summed E-state index contributed by atoms with van der Waals surface area (Å²) in [6.45, 7) is 0. The molecule has 4 nitrogen and oxygen atoms in total. The van der Waals surface area contributed by atoms with Crippen molar-refractivity contribution in [3.8, 4) is 11.1 Å². The molecule has 68 heavy (non-hydrogen) atoms. The summed E-state index contributed by atoms with van der Waals surface area (Å²) in [6.07, 6.45) is 1.97. The van der Waals surface area contributed by atoms with Crippen molar-refractivity contribution in [3.05, 3.63) is 306 Å². The molecular formula is C62H52BBrN2O2. The molecule has 0 spiro atoms. The van der Waals surface area contributed by atoms with E-state index in [0.717, 1.165) is 51.4 Å². The first kappa shape index (κ1) is 46.8. The predicted molar refractivity (Wildman–Crippen MR) is 290 cm³/mol. The van der Waals surface area contributed by atoms with Gasteiger partial charge in [-0.25, -0.2) is 0 Å². The highest BCUT2D eigenvalue weighted by Crippen LogP contribution is 2.36. The lowest BCUT2D eigenvalue weighted by atomic mass is 9.80. The van der Waals surface area contributed by atoms with E-state index < -0.39 is 7.12 Å². The van der Waals surface area contributed by atoms with E-state index in [1.807, 2.05) is 78.9 Å². The third kappa shape index (κ3) is 13.2. The highest BCUT2D eigenvalue weighted by Gasteiger charge is 2.15. The second-order valence-electron chi connectivity index (χ2n) is 16.2. The molecule has 0 aliphatic carbocycles. The van der Waals surface area contributed by atoms with Gasteiger partial charge in [0.1, 0.15) is 0 Å². The van der Waals surface area contributed by atoms with E-state index in [9.17, 15) is 10.0 Å². The van der Waals surface area contributed by atoms with Gasteiger partial charge < -0.3 is 19.8 Å². The van der Waals surface area contributed by atoms with Gasteiger partial charge >= 0.3 is 7.12 Å². The number of nitrogens with zero attached hydrogens (tertiary/aromatic N) is 2.